The number of rotatable bonds is 2. The fraction of sp³-hybridized carbons (Fsp3) is 0.650. The van der Waals surface area contributed by atoms with Gasteiger partial charge in [-0.1, -0.05) is 13.8 Å². The molecule has 0 aliphatic carbocycles. The predicted octanol–water partition coefficient (Wildman–Crippen LogP) is 4.44. The molecule has 4 heteroatoms. The van der Waals surface area contributed by atoms with Crippen molar-refractivity contribution < 1.29 is 19.4 Å². The number of hydrogen-bond acceptors (Lipinski definition) is 4. The zero-order valence-electron chi connectivity index (χ0n) is 15.6. The lowest BCUT2D eigenvalue weighted by Gasteiger charge is -2.39. The number of Topliss-reactive ketones (excluding diaryl/α,β-unsaturated/α-hetero) is 1. The summed E-state index contributed by atoms with van der Waals surface area (Å²) in [5, 5.41) is 10.8. The third kappa shape index (κ3) is 2.76. The van der Waals surface area contributed by atoms with E-state index in [0.717, 1.165) is 24.0 Å². The van der Waals surface area contributed by atoms with Gasteiger partial charge in [0.1, 0.15) is 34.0 Å². The van der Waals surface area contributed by atoms with E-state index in [0.29, 0.717) is 29.9 Å². The molecule has 0 spiro atoms. The minimum atomic E-state index is -0.357. The Balaban J connectivity index is 2.29. The molecule has 1 N–H and O–H groups in total. The summed E-state index contributed by atoms with van der Waals surface area (Å²) < 4.78 is 12.4. The molecule has 0 radical (unpaired) electrons. The molecule has 4 nitrogen and oxygen atoms in total. The number of phenolic OH excluding ortho intramolecular Hbond substituents is 1. The second-order valence-electron chi connectivity index (χ2n) is 8.58. The number of carbonyl (C=O) groups excluding carboxylic acids is 1. The van der Waals surface area contributed by atoms with Crippen molar-refractivity contribution in [1.29, 1.82) is 0 Å². The largest absolute Gasteiger partial charge is 0.507 e. The Kier molecular flexibility index (Phi) is 3.85. The van der Waals surface area contributed by atoms with Gasteiger partial charge in [-0.05, 0) is 53.4 Å². The maximum atomic E-state index is 13.0. The van der Waals surface area contributed by atoms with Crippen LogP contribution in [0.4, 0.5) is 0 Å². The lowest BCUT2D eigenvalue weighted by atomic mass is 9.83. The van der Waals surface area contributed by atoms with E-state index in [4.69, 9.17) is 9.47 Å². The van der Waals surface area contributed by atoms with Crippen molar-refractivity contribution in [2.75, 3.05) is 0 Å². The van der Waals surface area contributed by atoms with Crippen molar-refractivity contribution in [2.45, 2.75) is 78.4 Å². The van der Waals surface area contributed by atoms with Gasteiger partial charge < -0.3 is 14.6 Å². The fourth-order valence-electron chi connectivity index (χ4n) is 3.51. The quantitative estimate of drug-likeness (QED) is 0.814. The van der Waals surface area contributed by atoms with Gasteiger partial charge in [-0.25, -0.2) is 0 Å². The van der Waals surface area contributed by atoms with Crippen LogP contribution in [-0.4, -0.2) is 22.1 Å². The molecule has 0 unspecified atom stereocenters. The van der Waals surface area contributed by atoms with Crippen molar-refractivity contribution in [3.63, 3.8) is 0 Å². The van der Waals surface area contributed by atoms with Crippen LogP contribution in [0.3, 0.4) is 0 Å². The molecule has 0 aromatic heterocycles. The highest BCUT2D eigenvalue weighted by Gasteiger charge is 2.40. The molecule has 1 aromatic carbocycles. The Labute approximate surface area is 144 Å². The second-order valence-corrected chi connectivity index (χ2v) is 8.58. The summed E-state index contributed by atoms with van der Waals surface area (Å²) in [4.78, 5) is 13.0. The number of benzene rings is 1. The second kappa shape index (κ2) is 5.40. The van der Waals surface area contributed by atoms with Crippen LogP contribution in [0.25, 0.3) is 0 Å². The first kappa shape index (κ1) is 17.1. The molecule has 0 saturated heterocycles. The molecule has 0 atom stereocenters. The zero-order chi connectivity index (χ0) is 17.9. The number of ketones is 1. The summed E-state index contributed by atoms with van der Waals surface area (Å²) >= 11 is 0. The third-order valence-corrected chi connectivity index (χ3v) is 5.06. The van der Waals surface area contributed by atoms with Gasteiger partial charge in [-0.3, -0.25) is 4.79 Å². The predicted molar refractivity (Wildman–Crippen MR) is 93.3 cm³/mol. The Morgan fingerprint density at radius 2 is 1.38 bits per heavy atom. The van der Waals surface area contributed by atoms with E-state index < -0.39 is 0 Å². The number of fused-ring (bicyclic) bond motifs is 2. The van der Waals surface area contributed by atoms with Crippen LogP contribution in [0, 0.1) is 5.92 Å². The molecule has 2 aliphatic heterocycles. The highest BCUT2D eigenvalue weighted by atomic mass is 16.5. The van der Waals surface area contributed by atoms with Gasteiger partial charge in [0.15, 0.2) is 5.78 Å². The molecule has 0 saturated carbocycles. The summed E-state index contributed by atoms with van der Waals surface area (Å²) in [6.45, 7) is 11.8. The van der Waals surface area contributed by atoms with Crippen LogP contribution in [-0.2, 0) is 12.8 Å². The van der Waals surface area contributed by atoms with Crippen molar-refractivity contribution in [2.24, 2.45) is 5.92 Å². The highest BCUT2D eigenvalue weighted by molar-refractivity contribution is 6.04. The van der Waals surface area contributed by atoms with Gasteiger partial charge in [0.25, 0.3) is 0 Å². The van der Waals surface area contributed by atoms with E-state index in [2.05, 4.69) is 0 Å². The molecule has 0 bridgehead atoms. The normalized spacial score (nSPS) is 20.6. The van der Waals surface area contributed by atoms with E-state index in [-0.39, 0.29) is 28.7 Å². The van der Waals surface area contributed by atoms with E-state index in [1.807, 2.05) is 41.5 Å². The van der Waals surface area contributed by atoms with Gasteiger partial charge >= 0.3 is 0 Å². The molecule has 2 aliphatic rings. The molecule has 0 amide bonds. The van der Waals surface area contributed by atoms with Crippen LogP contribution in [0.5, 0.6) is 17.2 Å². The first-order valence-corrected chi connectivity index (χ1v) is 8.85. The Morgan fingerprint density at radius 3 is 1.75 bits per heavy atom. The highest BCUT2D eigenvalue weighted by Crippen LogP contribution is 2.51. The third-order valence-electron chi connectivity index (χ3n) is 5.06. The Hall–Kier alpha value is -1.71. The number of aromatic hydroxyl groups is 1. The molecular weight excluding hydrogens is 304 g/mol. The van der Waals surface area contributed by atoms with Crippen molar-refractivity contribution in [1.82, 2.24) is 0 Å². The maximum Gasteiger partial charge on any atom is 0.172 e. The van der Waals surface area contributed by atoms with Crippen LogP contribution in [0.15, 0.2) is 0 Å². The summed E-state index contributed by atoms with van der Waals surface area (Å²) in [5.41, 5.74) is 1.34. The van der Waals surface area contributed by atoms with Crippen molar-refractivity contribution in [3.8, 4) is 17.2 Å². The van der Waals surface area contributed by atoms with Crippen LogP contribution >= 0.6 is 0 Å². The average Bonchev–Trinajstić information content (AvgIpc) is 2.44. The minimum absolute atomic E-state index is 0.0119. The number of phenols is 1. The lowest BCUT2D eigenvalue weighted by molar-refractivity contribution is 0.0659. The summed E-state index contributed by atoms with van der Waals surface area (Å²) in [7, 11) is 0. The average molecular weight is 332 g/mol. The van der Waals surface area contributed by atoms with Crippen molar-refractivity contribution in [3.05, 3.63) is 16.7 Å². The molecule has 132 valence electrons. The molecule has 3 rings (SSSR count). The standard InChI is InChI=1S/C20H28O4/c1-11(2)15(21)14-17-12(7-9-19(3,4)23-17)16(22)13-8-10-20(5,6)24-18(13)14/h11,22H,7-10H2,1-6H3. The molecular formula is C20H28O4. The first-order valence-electron chi connectivity index (χ1n) is 8.85. The monoisotopic (exact) mass is 332 g/mol. The Morgan fingerprint density at radius 1 is 0.958 bits per heavy atom. The number of hydrogen-bond donors (Lipinski definition) is 1. The smallest absolute Gasteiger partial charge is 0.172 e. The molecule has 24 heavy (non-hydrogen) atoms. The maximum absolute atomic E-state index is 13.0. The van der Waals surface area contributed by atoms with Gasteiger partial charge in [-0.15, -0.1) is 0 Å². The van der Waals surface area contributed by atoms with E-state index in [9.17, 15) is 9.90 Å². The minimum Gasteiger partial charge on any atom is -0.507 e. The van der Waals surface area contributed by atoms with Gasteiger partial charge in [0.05, 0.1) is 0 Å². The number of ether oxygens (including phenoxy) is 2. The van der Waals surface area contributed by atoms with E-state index in [1.165, 1.54) is 0 Å². The molecule has 0 fully saturated rings. The van der Waals surface area contributed by atoms with Gasteiger partial charge in [0, 0.05) is 17.0 Å². The fourth-order valence-corrected chi connectivity index (χ4v) is 3.51. The SMILES string of the molecule is CC(C)C(=O)c1c2c(c(O)c3c1OC(C)(C)CC3)CCC(C)(C)O2. The van der Waals surface area contributed by atoms with Crippen LogP contribution < -0.4 is 9.47 Å². The summed E-state index contributed by atoms with van der Waals surface area (Å²) in [5.74, 6) is 1.16. The first-order chi connectivity index (χ1) is 11.0. The Bertz CT molecular complexity index is 651. The lowest BCUT2D eigenvalue weighted by Crippen LogP contribution is -2.37. The van der Waals surface area contributed by atoms with E-state index >= 15 is 0 Å². The number of carbonyl (C=O) groups is 1. The molecule has 2 heterocycles. The molecule has 1 aromatic rings. The van der Waals surface area contributed by atoms with Gasteiger partial charge in [-0.2, -0.15) is 0 Å². The summed E-state index contributed by atoms with van der Waals surface area (Å²) in [6.07, 6.45) is 3.05. The van der Waals surface area contributed by atoms with Crippen LogP contribution in [0.2, 0.25) is 0 Å². The zero-order valence-corrected chi connectivity index (χ0v) is 15.6. The van der Waals surface area contributed by atoms with Crippen LogP contribution in [0.1, 0.15) is 75.9 Å². The van der Waals surface area contributed by atoms with Gasteiger partial charge in [0.2, 0.25) is 0 Å². The summed E-state index contributed by atoms with van der Waals surface area (Å²) in [6, 6.07) is 0. The topological polar surface area (TPSA) is 55.8 Å². The van der Waals surface area contributed by atoms with Crippen molar-refractivity contribution >= 4 is 5.78 Å². The van der Waals surface area contributed by atoms with E-state index in [1.54, 1.807) is 0 Å².